The van der Waals surface area contributed by atoms with Crippen LogP contribution in [0.5, 0.6) is 0 Å². The molecular weight excluding hydrogens is 350 g/mol. The van der Waals surface area contributed by atoms with E-state index in [2.05, 4.69) is 20.1 Å². The number of aromatic nitrogens is 4. The number of thiazole rings is 1. The Morgan fingerprint density at radius 1 is 1.19 bits per heavy atom. The van der Waals surface area contributed by atoms with Crippen LogP contribution in [-0.4, -0.2) is 38.0 Å². The number of aryl methyl sites for hydroxylation is 1. The van der Waals surface area contributed by atoms with Gasteiger partial charge in [-0.1, -0.05) is 5.16 Å². The molecule has 3 heterocycles. The summed E-state index contributed by atoms with van der Waals surface area (Å²) in [6.45, 7) is 2.18. The van der Waals surface area contributed by atoms with Gasteiger partial charge in [0.1, 0.15) is 0 Å². The second kappa shape index (κ2) is 6.64. The van der Waals surface area contributed by atoms with Crippen LogP contribution in [0.3, 0.4) is 0 Å². The highest BCUT2D eigenvalue weighted by molar-refractivity contribution is 7.18. The molecule has 4 rings (SSSR count). The van der Waals surface area contributed by atoms with Gasteiger partial charge in [0.25, 0.3) is 5.91 Å². The van der Waals surface area contributed by atoms with Crippen LogP contribution < -0.4 is 0 Å². The van der Waals surface area contributed by atoms with Gasteiger partial charge in [0.05, 0.1) is 21.8 Å². The normalized spacial score (nSPS) is 11.0. The van der Waals surface area contributed by atoms with Crippen LogP contribution in [0.4, 0.5) is 0 Å². The summed E-state index contributed by atoms with van der Waals surface area (Å²) in [7, 11) is 1.70. The first-order valence-corrected chi connectivity index (χ1v) is 8.77. The van der Waals surface area contributed by atoms with Crippen molar-refractivity contribution < 1.29 is 9.32 Å². The molecule has 4 aromatic rings. The van der Waals surface area contributed by atoms with Gasteiger partial charge in [0, 0.05) is 30.6 Å². The summed E-state index contributed by atoms with van der Waals surface area (Å²) < 4.78 is 6.33. The summed E-state index contributed by atoms with van der Waals surface area (Å²) in [6, 6.07) is 9.15. The van der Waals surface area contributed by atoms with Crippen molar-refractivity contribution in [2.75, 3.05) is 7.05 Å². The maximum atomic E-state index is 12.7. The number of nitrogens with zero attached hydrogens (tertiary/aromatic N) is 5. The molecule has 0 radical (unpaired) electrons. The van der Waals surface area contributed by atoms with E-state index >= 15 is 0 Å². The molecule has 0 aliphatic rings. The van der Waals surface area contributed by atoms with Gasteiger partial charge < -0.3 is 9.42 Å². The van der Waals surface area contributed by atoms with Gasteiger partial charge in [-0.25, -0.2) is 4.98 Å². The van der Waals surface area contributed by atoms with E-state index in [9.17, 15) is 4.79 Å². The Labute approximate surface area is 153 Å². The number of amides is 1. The lowest BCUT2D eigenvalue weighted by atomic mass is 10.2. The highest BCUT2D eigenvalue weighted by atomic mass is 32.1. The maximum absolute atomic E-state index is 12.7. The molecule has 130 valence electrons. The number of hydrogen-bond donors (Lipinski definition) is 0. The zero-order valence-corrected chi connectivity index (χ0v) is 15.0. The Kier molecular flexibility index (Phi) is 4.18. The van der Waals surface area contributed by atoms with Crippen LogP contribution >= 0.6 is 11.3 Å². The number of pyridine rings is 1. The SMILES string of the molecule is Cc1nc2cc(C(=O)N(C)Cc3nc(-c4ccncc4)no3)ccc2s1. The summed E-state index contributed by atoms with van der Waals surface area (Å²) in [5.74, 6) is 0.724. The van der Waals surface area contributed by atoms with Crippen molar-refractivity contribution in [2.24, 2.45) is 0 Å². The van der Waals surface area contributed by atoms with Crippen LogP contribution in [0.25, 0.3) is 21.6 Å². The molecule has 1 aromatic carbocycles. The van der Waals surface area contributed by atoms with Crippen molar-refractivity contribution in [2.45, 2.75) is 13.5 Å². The third kappa shape index (κ3) is 3.18. The van der Waals surface area contributed by atoms with Crippen molar-refractivity contribution in [1.82, 2.24) is 25.0 Å². The summed E-state index contributed by atoms with van der Waals surface area (Å²) in [5, 5.41) is 4.93. The fourth-order valence-corrected chi connectivity index (χ4v) is 3.42. The van der Waals surface area contributed by atoms with E-state index < -0.39 is 0 Å². The Morgan fingerprint density at radius 3 is 2.81 bits per heavy atom. The minimum absolute atomic E-state index is 0.124. The highest BCUT2D eigenvalue weighted by Gasteiger charge is 2.17. The van der Waals surface area contributed by atoms with E-state index in [-0.39, 0.29) is 12.5 Å². The first kappa shape index (κ1) is 16.3. The Morgan fingerprint density at radius 2 is 2.00 bits per heavy atom. The van der Waals surface area contributed by atoms with E-state index in [0.717, 1.165) is 20.8 Å². The van der Waals surface area contributed by atoms with Gasteiger partial charge in [0.15, 0.2) is 0 Å². The third-order valence-corrected chi connectivity index (χ3v) is 4.82. The van der Waals surface area contributed by atoms with Crippen LogP contribution in [0.15, 0.2) is 47.2 Å². The molecule has 3 aromatic heterocycles. The summed E-state index contributed by atoms with van der Waals surface area (Å²) in [6.07, 6.45) is 3.33. The summed E-state index contributed by atoms with van der Waals surface area (Å²) in [5.41, 5.74) is 2.23. The van der Waals surface area contributed by atoms with Crippen molar-refractivity contribution in [3.63, 3.8) is 0 Å². The third-order valence-electron chi connectivity index (χ3n) is 3.87. The van der Waals surface area contributed by atoms with Gasteiger partial charge in [-0.3, -0.25) is 9.78 Å². The Hall–Kier alpha value is -3.13. The average molecular weight is 365 g/mol. The van der Waals surface area contributed by atoms with Crippen molar-refractivity contribution in [1.29, 1.82) is 0 Å². The van der Waals surface area contributed by atoms with Gasteiger partial charge in [-0.05, 0) is 37.3 Å². The molecule has 0 fully saturated rings. The standard InChI is InChI=1S/C18H15N5O2S/c1-11-20-14-9-13(3-4-15(14)26-11)18(24)23(2)10-16-21-17(22-25-16)12-5-7-19-8-6-12/h3-9H,10H2,1-2H3. The summed E-state index contributed by atoms with van der Waals surface area (Å²) >= 11 is 1.61. The molecular formula is C18H15N5O2S. The van der Waals surface area contributed by atoms with Gasteiger partial charge >= 0.3 is 0 Å². The van der Waals surface area contributed by atoms with Crippen LogP contribution in [-0.2, 0) is 6.54 Å². The topological polar surface area (TPSA) is 85.0 Å². The van der Waals surface area contributed by atoms with Crippen LogP contribution in [0, 0.1) is 6.92 Å². The van der Waals surface area contributed by atoms with Crippen LogP contribution in [0.2, 0.25) is 0 Å². The van der Waals surface area contributed by atoms with Crippen molar-refractivity contribution in [3.8, 4) is 11.4 Å². The quantitative estimate of drug-likeness (QED) is 0.551. The molecule has 0 saturated carbocycles. The minimum atomic E-state index is -0.124. The number of benzene rings is 1. The maximum Gasteiger partial charge on any atom is 0.254 e. The number of rotatable bonds is 4. The fourth-order valence-electron chi connectivity index (χ4n) is 2.61. The first-order chi connectivity index (χ1) is 12.6. The molecule has 8 heteroatoms. The first-order valence-electron chi connectivity index (χ1n) is 7.96. The number of fused-ring (bicyclic) bond motifs is 1. The Bertz CT molecular complexity index is 1070. The monoisotopic (exact) mass is 365 g/mol. The molecule has 0 atom stereocenters. The smallest absolute Gasteiger partial charge is 0.254 e. The number of carbonyl (C=O) groups is 1. The lowest BCUT2D eigenvalue weighted by molar-refractivity contribution is 0.0769. The van der Waals surface area contributed by atoms with Gasteiger partial charge in [0.2, 0.25) is 11.7 Å². The molecule has 0 spiro atoms. The molecule has 0 aliphatic heterocycles. The van der Waals surface area contributed by atoms with Gasteiger partial charge in [-0.15, -0.1) is 11.3 Å². The lowest BCUT2D eigenvalue weighted by Crippen LogP contribution is -2.26. The van der Waals surface area contributed by atoms with Crippen molar-refractivity contribution >= 4 is 27.5 Å². The second-order valence-corrected chi connectivity index (χ2v) is 7.06. The number of carbonyl (C=O) groups excluding carboxylic acids is 1. The van der Waals surface area contributed by atoms with E-state index in [4.69, 9.17) is 4.52 Å². The molecule has 0 bridgehead atoms. The minimum Gasteiger partial charge on any atom is -0.337 e. The predicted molar refractivity (Wildman–Crippen MR) is 97.7 cm³/mol. The fraction of sp³-hybridized carbons (Fsp3) is 0.167. The molecule has 0 saturated heterocycles. The van der Waals surface area contributed by atoms with E-state index in [0.29, 0.717) is 17.3 Å². The predicted octanol–water partition coefficient (Wildman–Crippen LogP) is 3.32. The molecule has 0 aliphatic carbocycles. The van der Waals surface area contributed by atoms with E-state index in [1.807, 2.05) is 25.1 Å². The summed E-state index contributed by atoms with van der Waals surface area (Å²) in [4.78, 5) is 27.0. The van der Waals surface area contributed by atoms with Crippen molar-refractivity contribution in [3.05, 3.63) is 59.2 Å². The average Bonchev–Trinajstić information content (AvgIpc) is 3.26. The molecule has 26 heavy (non-hydrogen) atoms. The second-order valence-electron chi connectivity index (χ2n) is 5.82. The Balaban J connectivity index is 1.51. The molecule has 1 amide bonds. The zero-order valence-electron chi connectivity index (χ0n) is 14.2. The molecule has 7 nitrogen and oxygen atoms in total. The van der Waals surface area contributed by atoms with E-state index in [1.165, 1.54) is 0 Å². The van der Waals surface area contributed by atoms with Gasteiger partial charge in [-0.2, -0.15) is 4.98 Å². The largest absolute Gasteiger partial charge is 0.337 e. The highest BCUT2D eigenvalue weighted by Crippen LogP contribution is 2.23. The number of hydrogen-bond acceptors (Lipinski definition) is 7. The molecule has 0 unspecified atom stereocenters. The van der Waals surface area contributed by atoms with Crippen LogP contribution in [0.1, 0.15) is 21.3 Å². The zero-order chi connectivity index (χ0) is 18.1. The molecule has 0 N–H and O–H groups in total. The lowest BCUT2D eigenvalue weighted by Gasteiger charge is -2.14. The van der Waals surface area contributed by atoms with E-state index in [1.54, 1.807) is 47.8 Å².